The maximum atomic E-state index is 13.6. The van der Waals surface area contributed by atoms with E-state index in [2.05, 4.69) is 62.2 Å². The number of carbonyl (C=O) groups excluding carboxylic acids is 1. The zero-order valence-electron chi connectivity index (χ0n) is 22.7. The summed E-state index contributed by atoms with van der Waals surface area (Å²) in [6.07, 6.45) is 2.19. The van der Waals surface area contributed by atoms with Gasteiger partial charge >= 0.3 is 0 Å². The van der Waals surface area contributed by atoms with E-state index in [1.54, 1.807) is 13.3 Å². The standard InChI is InChI=1S/C32H36N2O3/c1-7-37-27-13-14-28-26(19-27)16-17-33-31(28)34(30(35)20-32(3,4)5)21-23-8-10-24(11-9-23)25-12-15-29(36-6)22(2)18-25/h8-19H,7,20-21H2,1-6H3. The summed E-state index contributed by atoms with van der Waals surface area (Å²) in [7, 11) is 1.69. The third kappa shape index (κ3) is 6.29. The minimum atomic E-state index is -0.141. The molecule has 0 aliphatic carbocycles. The number of amides is 1. The van der Waals surface area contributed by atoms with Gasteiger partial charge in [0, 0.05) is 18.0 Å². The van der Waals surface area contributed by atoms with Gasteiger partial charge in [-0.3, -0.25) is 9.69 Å². The molecule has 4 aromatic rings. The van der Waals surface area contributed by atoms with Crippen molar-refractivity contribution in [1.29, 1.82) is 0 Å². The first-order valence-electron chi connectivity index (χ1n) is 12.7. The summed E-state index contributed by atoms with van der Waals surface area (Å²) in [4.78, 5) is 20.1. The molecule has 0 saturated carbocycles. The lowest BCUT2D eigenvalue weighted by atomic mass is 9.91. The lowest BCUT2D eigenvalue weighted by Gasteiger charge is -2.27. The molecule has 192 valence electrons. The molecule has 0 radical (unpaired) electrons. The van der Waals surface area contributed by atoms with Crippen molar-refractivity contribution >= 4 is 22.5 Å². The summed E-state index contributed by atoms with van der Waals surface area (Å²) >= 11 is 0. The Kier molecular flexibility index (Phi) is 7.82. The Hall–Kier alpha value is -3.86. The number of ether oxygens (including phenoxy) is 2. The maximum Gasteiger partial charge on any atom is 0.229 e. The first-order valence-corrected chi connectivity index (χ1v) is 12.7. The molecule has 4 rings (SSSR count). The normalized spacial score (nSPS) is 11.4. The monoisotopic (exact) mass is 496 g/mol. The number of nitrogens with zero attached hydrogens (tertiary/aromatic N) is 2. The number of rotatable bonds is 8. The van der Waals surface area contributed by atoms with E-state index in [1.807, 2.05) is 49.1 Å². The molecule has 5 nitrogen and oxygen atoms in total. The van der Waals surface area contributed by atoms with E-state index >= 15 is 0 Å². The van der Waals surface area contributed by atoms with Crippen LogP contribution in [0.15, 0.2) is 72.9 Å². The predicted molar refractivity (Wildman–Crippen MR) is 151 cm³/mol. The molecule has 0 spiro atoms. The Morgan fingerprint density at radius 1 is 0.946 bits per heavy atom. The highest BCUT2D eigenvalue weighted by molar-refractivity contribution is 6.02. The number of hydrogen-bond acceptors (Lipinski definition) is 4. The third-order valence-electron chi connectivity index (χ3n) is 6.29. The predicted octanol–water partition coefficient (Wildman–Crippen LogP) is 7.59. The van der Waals surface area contributed by atoms with Gasteiger partial charge in [-0.25, -0.2) is 4.98 Å². The van der Waals surface area contributed by atoms with Gasteiger partial charge in [0.2, 0.25) is 5.91 Å². The molecule has 0 N–H and O–H groups in total. The van der Waals surface area contributed by atoms with Crippen molar-refractivity contribution in [2.75, 3.05) is 18.6 Å². The summed E-state index contributed by atoms with van der Waals surface area (Å²) in [5.41, 5.74) is 4.25. The minimum Gasteiger partial charge on any atom is -0.496 e. The number of carbonyl (C=O) groups is 1. The lowest BCUT2D eigenvalue weighted by Crippen LogP contribution is -2.34. The summed E-state index contributed by atoms with van der Waals surface area (Å²) in [6.45, 7) is 11.3. The molecular weight excluding hydrogens is 460 g/mol. The fourth-order valence-electron chi connectivity index (χ4n) is 4.49. The Balaban J connectivity index is 1.68. The minimum absolute atomic E-state index is 0.0521. The second kappa shape index (κ2) is 11.0. The van der Waals surface area contributed by atoms with Crippen LogP contribution in [0, 0.1) is 12.3 Å². The highest BCUT2D eigenvalue weighted by atomic mass is 16.5. The van der Waals surface area contributed by atoms with Crippen molar-refractivity contribution in [3.05, 3.63) is 84.1 Å². The molecule has 1 amide bonds. The summed E-state index contributed by atoms with van der Waals surface area (Å²) < 4.78 is 11.1. The van der Waals surface area contributed by atoms with Crippen LogP contribution in [-0.2, 0) is 11.3 Å². The van der Waals surface area contributed by atoms with Crippen LogP contribution in [0.2, 0.25) is 0 Å². The van der Waals surface area contributed by atoms with Gasteiger partial charge in [-0.15, -0.1) is 0 Å². The number of anilines is 1. The molecule has 0 unspecified atom stereocenters. The molecule has 1 aromatic heterocycles. The van der Waals surface area contributed by atoms with Gasteiger partial charge in [0.15, 0.2) is 0 Å². The molecule has 0 aliphatic rings. The summed E-state index contributed by atoms with van der Waals surface area (Å²) in [5.74, 6) is 2.41. The number of aromatic nitrogens is 1. The molecule has 0 fully saturated rings. The summed E-state index contributed by atoms with van der Waals surface area (Å²) in [5, 5.41) is 1.92. The third-order valence-corrected chi connectivity index (χ3v) is 6.29. The van der Waals surface area contributed by atoms with E-state index < -0.39 is 0 Å². The molecule has 3 aromatic carbocycles. The van der Waals surface area contributed by atoms with Gasteiger partial charge in [0.1, 0.15) is 17.3 Å². The van der Waals surface area contributed by atoms with Gasteiger partial charge < -0.3 is 9.47 Å². The second-order valence-electron chi connectivity index (χ2n) is 10.5. The second-order valence-corrected chi connectivity index (χ2v) is 10.5. The van der Waals surface area contributed by atoms with Crippen molar-refractivity contribution < 1.29 is 14.3 Å². The molecular formula is C32H36N2O3. The van der Waals surface area contributed by atoms with E-state index in [9.17, 15) is 4.79 Å². The Morgan fingerprint density at radius 2 is 1.68 bits per heavy atom. The Morgan fingerprint density at radius 3 is 2.32 bits per heavy atom. The van der Waals surface area contributed by atoms with Crippen LogP contribution in [0.4, 0.5) is 5.82 Å². The first kappa shape index (κ1) is 26.2. The van der Waals surface area contributed by atoms with Crippen LogP contribution in [0.3, 0.4) is 0 Å². The molecule has 0 bridgehead atoms. The van der Waals surface area contributed by atoms with Crippen molar-refractivity contribution in [2.45, 2.75) is 47.6 Å². The van der Waals surface area contributed by atoms with E-state index in [1.165, 1.54) is 0 Å². The van der Waals surface area contributed by atoms with Crippen LogP contribution >= 0.6 is 0 Å². The SMILES string of the molecule is CCOc1ccc2c(N(Cc3ccc(-c4ccc(OC)c(C)c4)cc3)C(=O)CC(C)(C)C)nccc2c1. The molecule has 0 saturated heterocycles. The van der Waals surface area contributed by atoms with Gasteiger partial charge in [-0.1, -0.05) is 51.1 Å². The maximum absolute atomic E-state index is 13.6. The fourth-order valence-corrected chi connectivity index (χ4v) is 4.49. The topological polar surface area (TPSA) is 51.7 Å². The molecule has 0 aliphatic heterocycles. The van der Waals surface area contributed by atoms with E-state index in [4.69, 9.17) is 9.47 Å². The van der Waals surface area contributed by atoms with Crippen LogP contribution < -0.4 is 14.4 Å². The van der Waals surface area contributed by atoms with Crippen molar-refractivity contribution in [3.8, 4) is 22.6 Å². The number of hydrogen-bond donors (Lipinski definition) is 0. The number of benzene rings is 3. The van der Waals surface area contributed by atoms with Crippen molar-refractivity contribution in [2.24, 2.45) is 5.41 Å². The zero-order chi connectivity index (χ0) is 26.6. The van der Waals surface area contributed by atoms with Crippen molar-refractivity contribution in [3.63, 3.8) is 0 Å². The fraction of sp³-hybridized carbons (Fsp3) is 0.312. The number of aryl methyl sites for hydroxylation is 1. The van der Waals surface area contributed by atoms with Gasteiger partial charge in [0.05, 0.1) is 20.3 Å². The van der Waals surface area contributed by atoms with Gasteiger partial charge in [0.25, 0.3) is 0 Å². The van der Waals surface area contributed by atoms with Gasteiger partial charge in [-0.2, -0.15) is 0 Å². The molecule has 0 atom stereocenters. The van der Waals surface area contributed by atoms with Crippen LogP contribution in [0.1, 0.15) is 45.2 Å². The van der Waals surface area contributed by atoms with Crippen LogP contribution in [0.25, 0.3) is 21.9 Å². The Bertz CT molecular complexity index is 1390. The summed E-state index contributed by atoms with van der Waals surface area (Å²) in [6, 6.07) is 22.5. The average Bonchev–Trinajstić information content (AvgIpc) is 2.86. The molecule has 5 heteroatoms. The zero-order valence-corrected chi connectivity index (χ0v) is 22.7. The number of pyridine rings is 1. The van der Waals surface area contributed by atoms with Crippen LogP contribution in [-0.4, -0.2) is 24.6 Å². The quantitative estimate of drug-likeness (QED) is 0.252. The molecule has 37 heavy (non-hydrogen) atoms. The van der Waals surface area contributed by atoms with E-state index in [0.29, 0.717) is 25.4 Å². The lowest BCUT2D eigenvalue weighted by molar-refractivity contribution is -0.120. The number of methoxy groups -OCH3 is 1. The first-order chi connectivity index (χ1) is 17.7. The van der Waals surface area contributed by atoms with E-state index in [0.717, 1.165) is 44.5 Å². The van der Waals surface area contributed by atoms with Crippen molar-refractivity contribution in [1.82, 2.24) is 4.98 Å². The van der Waals surface area contributed by atoms with Gasteiger partial charge in [-0.05, 0) is 83.3 Å². The average molecular weight is 497 g/mol. The Labute approximate surface area is 220 Å². The largest absolute Gasteiger partial charge is 0.496 e. The van der Waals surface area contributed by atoms with Crippen LogP contribution in [0.5, 0.6) is 11.5 Å². The highest BCUT2D eigenvalue weighted by Crippen LogP contribution is 2.32. The smallest absolute Gasteiger partial charge is 0.229 e. The van der Waals surface area contributed by atoms with E-state index in [-0.39, 0.29) is 11.3 Å². The number of fused-ring (bicyclic) bond motifs is 1. The highest BCUT2D eigenvalue weighted by Gasteiger charge is 2.25. The molecule has 1 heterocycles.